The first-order chi connectivity index (χ1) is 8.35. The van der Waals surface area contributed by atoms with Crippen molar-refractivity contribution in [1.29, 1.82) is 5.26 Å². The van der Waals surface area contributed by atoms with E-state index in [0.717, 1.165) is 25.1 Å². The first-order valence-corrected chi connectivity index (χ1v) is 6.79. The maximum atomic E-state index is 8.90. The predicted molar refractivity (Wildman–Crippen MR) is 78.6 cm³/mol. The van der Waals surface area contributed by atoms with E-state index >= 15 is 0 Å². The Morgan fingerprint density at radius 2 is 1.78 bits per heavy atom. The molecule has 0 saturated heterocycles. The summed E-state index contributed by atoms with van der Waals surface area (Å²) in [6.07, 6.45) is 1.71. The number of hydrogen-bond donors (Lipinski definition) is 1. The zero-order chi connectivity index (χ0) is 13.8. The van der Waals surface area contributed by atoms with Crippen molar-refractivity contribution in [3.63, 3.8) is 0 Å². The third kappa shape index (κ3) is 4.57. The number of hydrogen-bond acceptors (Lipinski definition) is 2. The van der Waals surface area contributed by atoms with Crippen LogP contribution < -0.4 is 5.32 Å². The van der Waals surface area contributed by atoms with Gasteiger partial charge in [-0.25, -0.2) is 0 Å². The Bertz CT molecular complexity index is 464. The molecular weight excluding hydrogens is 291 g/mol. The lowest BCUT2D eigenvalue weighted by molar-refractivity contribution is 0.441. The van der Waals surface area contributed by atoms with Crippen molar-refractivity contribution in [2.45, 2.75) is 26.7 Å². The van der Waals surface area contributed by atoms with Gasteiger partial charge in [-0.15, -0.1) is 0 Å². The van der Waals surface area contributed by atoms with Gasteiger partial charge in [0.25, 0.3) is 0 Å². The molecule has 0 aliphatic heterocycles. The van der Waals surface area contributed by atoms with E-state index in [1.807, 2.05) is 13.8 Å². The summed E-state index contributed by atoms with van der Waals surface area (Å²) in [6, 6.07) is 5.60. The quantitative estimate of drug-likeness (QED) is 0.585. The van der Waals surface area contributed by atoms with E-state index in [2.05, 4.69) is 11.4 Å². The van der Waals surface area contributed by atoms with Gasteiger partial charge in [-0.05, 0) is 38.8 Å². The Hall–Kier alpha value is -0.620. The molecule has 0 saturated carbocycles. The first-order valence-electron chi connectivity index (χ1n) is 5.65. The van der Waals surface area contributed by atoms with Gasteiger partial charge >= 0.3 is 0 Å². The van der Waals surface area contributed by atoms with Crippen molar-refractivity contribution in [3.05, 3.63) is 27.2 Å². The van der Waals surface area contributed by atoms with Crippen molar-refractivity contribution < 1.29 is 0 Å². The Balaban J connectivity index is 2.50. The molecule has 18 heavy (non-hydrogen) atoms. The van der Waals surface area contributed by atoms with Crippen LogP contribution in [0.5, 0.6) is 0 Å². The summed E-state index contributed by atoms with van der Waals surface area (Å²) in [5.74, 6) is 0. The second-order valence-corrected chi connectivity index (χ2v) is 5.99. The smallest absolute Gasteiger partial charge is 0.0683 e. The number of rotatable bonds is 5. The molecule has 0 amide bonds. The summed E-state index contributed by atoms with van der Waals surface area (Å²) in [7, 11) is 0. The molecule has 1 aromatic rings. The molecule has 2 nitrogen and oxygen atoms in total. The highest BCUT2D eigenvalue weighted by atomic mass is 35.5. The third-order valence-corrected chi connectivity index (χ3v) is 3.64. The van der Waals surface area contributed by atoms with Crippen molar-refractivity contribution in [2.24, 2.45) is 5.41 Å². The van der Waals surface area contributed by atoms with Gasteiger partial charge in [0.05, 0.1) is 32.2 Å². The molecule has 1 aromatic carbocycles. The second-order valence-electron chi connectivity index (χ2n) is 4.77. The largest absolute Gasteiger partial charge is 0.384 e. The molecule has 0 atom stereocenters. The summed E-state index contributed by atoms with van der Waals surface area (Å²) < 4.78 is 0. The van der Waals surface area contributed by atoms with E-state index in [9.17, 15) is 0 Å². The van der Waals surface area contributed by atoms with Gasteiger partial charge in [0.15, 0.2) is 0 Å². The summed E-state index contributed by atoms with van der Waals surface area (Å²) in [6.45, 7) is 4.60. The lowest BCUT2D eigenvalue weighted by Crippen LogP contribution is -2.11. The normalized spacial score (nSPS) is 11.1. The maximum absolute atomic E-state index is 8.90. The van der Waals surface area contributed by atoms with Crippen LogP contribution in [0, 0.1) is 16.7 Å². The zero-order valence-electron chi connectivity index (χ0n) is 10.4. The molecule has 1 N–H and O–H groups in total. The van der Waals surface area contributed by atoms with Crippen molar-refractivity contribution in [3.8, 4) is 6.07 Å². The molecule has 0 heterocycles. The SMILES string of the molecule is CC(C)(C#N)CCCNc1cc(Cl)c(Cl)cc1Cl. The lowest BCUT2D eigenvalue weighted by Gasteiger charge is -2.15. The molecule has 0 radical (unpaired) electrons. The second kappa shape index (κ2) is 6.52. The minimum Gasteiger partial charge on any atom is -0.384 e. The van der Waals surface area contributed by atoms with Crippen LogP contribution in [0.2, 0.25) is 15.1 Å². The Morgan fingerprint density at radius 3 is 2.39 bits per heavy atom. The van der Waals surface area contributed by atoms with Crippen molar-refractivity contribution in [2.75, 3.05) is 11.9 Å². The molecular formula is C13H15Cl3N2. The number of benzene rings is 1. The van der Waals surface area contributed by atoms with E-state index in [-0.39, 0.29) is 5.41 Å². The molecule has 98 valence electrons. The maximum Gasteiger partial charge on any atom is 0.0683 e. The Labute approximate surface area is 123 Å². The molecule has 0 aromatic heterocycles. The number of nitriles is 1. The Morgan fingerprint density at radius 1 is 1.17 bits per heavy atom. The molecule has 0 unspecified atom stereocenters. The van der Waals surface area contributed by atoms with Crippen LogP contribution >= 0.6 is 34.8 Å². The van der Waals surface area contributed by atoms with Gasteiger partial charge in [0, 0.05) is 6.54 Å². The van der Waals surface area contributed by atoms with Crippen LogP contribution in [0.25, 0.3) is 0 Å². The fourth-order valence-corrected chi connectivity index (χ4v) is 2.08. The highest BCUT2D eigenvalue weighted by molar-refractivity contribution is 6.44. The van der Waals surface area contributed by atoms with Gasteiger partial charge in [-0.1, -0.05) is 34.8 Å². The lowest BCUT2D eigenvalue weighted by atomic mass is 9.90. The fourth-order valence-electron chi connectivity index (χ4n) is 1.47. The van der Waals surface area contributed by atoms with Crippen molar-refractivity contribution >= 4 is 40.5 Å². The van der Waals surface area contributed by atoms with Crippen LogP contribution in [0.15, 0.2) is 12.1 Å². The van der Waals surface area contributed by atoms with E-state index in [1.54, 1.807) is 12.1 Å². The Kier molecular flexibility index (Phi) is 5.59. The van der Waals surface area contributed by atoms with Crippen LogP contribution in [0.4, 0.5) is 5.69 Å². The number of halogens is 3. The zero-order valence-corrected chi connectivity index (χ0v) is 12.6. The minimum atomic E-state index is -0.289. The van der Waals surface area contributed by atoms with E-state index in [1.165, 1.54) is 0 Å². The molecule has 0 bridgehead atoms. The van der Waals surface area contributed by atoms with E-state index in [0.29, 0.717) is 15.1 Å². The van der Waals surface area contributed by atoms with E-state index in [4.69, 9.17) is 40.1 Å². The minimum absolute atomic E-state index is 0.289. The number of anilines is 1. The van der Waals surface area contributed by atoms with Gasteiger partial charge in [-0.3, -0.25) is 0 Å². The van der Waals surface area contributed by atoms with E-state index < -0.39 is 0 Å². The summed E-state index contributed by atoms with van der Waals surface area (Å²) in [5.41, 5.74) is 0.476. The average Bonchev–Trinajstić information content (AvgIpc) is 2.31. The fraction of sp³-hybridized carbons (Fsp3) is 0.462. The average molecular weight is 306 g/mol. The molecule has 0 spiro atoms. The highest BCUT2D eigenvalue weighted by Gasteiger charge is 2.15. The topological polar surface area (TPSA) is 35.8 Å². The summed E-state index contributed by atoms with van der Waals surface area (Å²) in [5, 5.41) is 13.6. The standard InChI is InChI=1S/C13H15Cl3N2/c1-13(2,8-17)4-3-5-18-12-7-10(15)9(14)6-11(12)16/h6-7,18H,3-5H2,1-2H3. The molecule has 5 heteroatoms. The first kappa shape index (κ1) is 15.4. The number of nitrogens with one attached hydrogen (secondary N) is 1. The van der Waals surface area contributed by atoms with Crippen molar-refractivity contribution in [1.82, 2.24) is 0 Å². The van der Waals surface area contributed by atoms with Crippen LogP contribution in [0.3, 0.4) is 0 Å². The molecule has 0 aliphatic carbocycles. The third-order valence-electron chi connectivity index (χ3n) is 2.61. The predicted octanol–water partition coefficient (Wildman–Crippen LogP) is 5.39. The number of nitrogens with zero attached hydrogens (tertiary/aromatic N) is 1. The van der Waals surface area contributed by atoms with Gasteiger partial charge in [-0.2, -0.15) is 5.26 Å². The van der Waals surface area contributed by atoms with Gasteiger partial charge < -0.3 is 5.32 Å². The van der Waals surface area contributed by atoms with Crippen LogP contribution in [-0.2, 0) is 0 Å². The van der Waals surface area contributed by atoms with Crippen LogP contribution in [-0.4, -0.2) is 6.54 Å². The van der Waals surface area contributed by atoms with Gasteiger partial charge in [0.1, 0.15) is 0 Å². The summed E-state index contributed by atoms with van der Waals surface area (Å²) in [4.78, 5) is 0. The molecule has 0 fully saturated rings. The van der Waals surface area contributed by atoms with Gasteiger partial charge in [0.2, 0.25) is 0 Å². The summed E-state index contributed by atoms with van der Waals surface area (Å²) >= 11 is 17.8. The molecule has 1 rings (SSSR count). The monoisotopic (exact) mass is 304 g/mol. The van der Waals surface area contributed by atoms with Crippen LogP contribution in [0.1, 0.15) is 26.7 Å². The molecule has 0 aliphatic rings. The highest BCUT2D eigenvalue weighted by Crippen LogP contribution is 2.32.